The van der Waals surface area contributed by atoms with E-state index in [0.717, 1.165) is 35.5 Å². The molecule has 2 aliphatic heterocycles. The number of aromatic nitrogens is 2. The van der Waals surface area contributed by atoms with Gasteiger partial charge in [0.05, 0.1) is 16.6 Å². The van der Waals surface area contributed by atoms with E-state index in [4.69, 9.17) is 4.98 Å². The molecule has 6 rings (SSSR count). The lowest BCUT2D eigenvalue weighted by Gasteiger charge is -2.45. The third-order valence-electron chi connectivity index (χ3n) is 9.31. The first-order valence-electron chi connectivity index (χ1n) is 14.7. The van der Waals surface area contributed by atoms with Crippen molar-refractivity contribution in [3.05, 3.63) is 75.7 Å². The van der Waals surface area contributed by atoms with Crippen molar-refractivity contribution >= 4 is 17.0 Å². The maximum absolute atomic E-state index is 14.0. The molecule has 1 N–H and O–H groups in total. The molecule has 3 fully saturated rings. The average molecular weight is 514 g/mol. The summed E-state index contributed by atoms with van der Waals surface area (Å²) < 4.78 is 2.08. The fourth-order valence-electron chi connectivity index (χ4n) is 7.58. The highest BCUT2D eigenvalue weighted by molar-refractivity contribution is 5.87. The van der Waals surface area contributed by atoms with E-state index in [-0.39, 0.29) is 17.2 Å². The van der Waals surface area contributed by atoms with E-state index >= 15 is 0 Å². The van der Waals surface area contributed by atoms with Gasteiger partial charge < -0.3 is 9.67 Å². The minimum Gasteiger partial charge on any atom is -0.478 e. The first kappa shape index (κ1) is 25.3. The van der Waals surface area contributed by atoms with Crippen LogP contribution >= 0.6 is 0 Å². The zero-order valence-electron chi connectivity index (χ0n) is 22.2. The number of carboxylic acid groups (broad SMARTS) is 1. The van der Waals surface area contributed by atoms with Crippen LogP contribution in [0.5, 0.6) is 0 Å². The number of piperidine rings is 1. The van der Waals surface area contributed by atoms with Crippen molar-refractivity contribution in [1.29, 1.82) is 0 Å². The molecule has 2 aromatic carbocycles. The predicted molar refractivity (Wildman–Crippen MR) is 150 cm³/mol. The van der Waals surface area contributed by atoms with Crippen LogP contribution in [0.1, 0.15) is 98.3 Å². The molecule has 38 heavy (non-hydrogen) atoms. The maximum atomic E-state index is 14.0. The summed E-state index contributed by atoms with van der Waals surface area (Å²) in [7, 11) is 0. The highest BCUT2D eigenvalue weighted by Crippen LogP contribution is 2.44. The number of rotatable bonds is 6. The standard InChI is InChI=1S/C32H39N3O3/c36-31-29(18-15-22-9-8-10-23(19-22)32(37)38)33-28-13-6-7-14-30(28)35(31)27-20-25-16-17-26(21-27)34(25)24-11-4-2-1-3-5-12-24/h6-10,13-14,19,24-27H,1-5,11-12,15-18,20-21H2,(H,37,38)/t25-,26+,27?. The van der Waals surface area contributed by atoms with Gasteiger partial charge in [0.1, 0.15) is 5.69 Å². The van der Waals surface area contributed by atoms with Gasteiger partial charge in [0, 0.05) is 24.2 Å². The second kappa shape index (κ2) is 11.0. The largest absolute Gasteiger partial charge is 0.478 e. The van der Waals surface area contributed by atoms with Gasteiger partial charge in [0.15, 0.2) is 0 Å². The smallest absolute Gasteiger partial charge is 0.335 e. The van der Waals surface area contributed by atoms with E-state index in [1.165, 1.54) is 57.8 Å². The number of nitrogens with zero attached hydrogens (tertiary/aromatic N) is 3. The number of aromatic carboxylic acids is 1. The molecule has 3 heterocycles. The summed E-state index contributed by atoms with van der Waals surface area (Å²) in [5.41, 5.74) is 3.62. The lowest BCUT2D eigenvalue weighted by Crippen LogP contribution is -2.50. The molecule has 1 aliphatic carbocycles. The molecular weight excluding hydrogens is 474 g/mol. The average Bonchev–Trinajstić information content (AvgIpc) is 3.16. The lowest BCUT2D eigenvalue weighted by molar-refractivity contribution is 0.0497. The molecule has 0 amide bonds. The molecule has 3 aromatic rings. The molecule has 200 valence electrons. The van der Waals surface area contributed by atoms with E-state index in [2.05, 4.69) is 9.47 Å². The molecule has 3 aliphatic rings. The molecule has 6 nitrogen and oxygen atoms in total. The topological polar surface area (TPSA) is 75.4 Å². The fourth-order valence-corrected chi connectivity index (χ4v) is 7.58. The number of fused-ring (bicyclic) bond motifs is 3. The summed E-state index contributed by atoms with van der Waals surface area (Å²) in [5.74, 6) is -0.932. The van der Waals surface area contributed by atoms with Crippen LogP contribution in [-0.4, -0.2) is 43.7 Å². The molecule has 0 radical (unpaired) electrons. The van der Waals surface area contributed by atoms with E-state index in [1.807, 2.05) is 30.3 Å². The number of carboxylic acids is 1. The fraction of sp³-hybridized carbons (Fsp3) is 0.531. The van der Waals surface area contributed by atoms with Crippen molar-refractivity contribution in [3.63, 3.8) is 0 Å². The molecule has 3 atom stereocenters. The van der Waals surface area contributed by atoms with Gasteiger partial charge in [-0.15, -0.1) is 0 Å². The number of hydrogen-bond acceptors (Lipinski definition) is 4. The van der Waals surface area contributed by atoms with Gasteiger partial charge in [-0.1, -0.05) is 56.4 Å². The lowest BCUT2D eigenvalue weighted by atomic mass is 9.89. The number of benzene rings is 2. The monoisotopic (exact) mass is 513 g/mol. The van der Waals surface area contributed by atoms with Crippen LogP contribution < -0.4 is 5.56 Å². The Labute approximate surface area is 224 Å². The Morgan fingerprint density at radius 3 is 2.26 bits per heavy atom. The number of carbonyl (C=O) groups is 1. The predicted octanol–water partition coefficient (Wildman–Crippen LogP) is 6.16. The second-order valence-corrected chi connectivity index (χ2v) is 11.7. The van der Waals surface area contributed by atoms with Crippen molar-refractivity contribution in [2.75, 3.05) is 0 Å². The summed E-state index contributed by atoms with van der Waals surface area (Å²) in [6.07, 6.45) is 15.2. The molecule has 1 saturated carbocycles. The summed E-state index contributed by atoms with van der Waals surface area (Å²) in [4.78, 5) is 33.1. The van der Waals surface area contributed by atoms with Gasteiger partial charge in [0.2, 0.25) is 0 Å². The van der Waals surface area contributed by atoms with Crippen molar-refractivity contribution in [2.24, 2.45) is 0 Å². The third kappa shape index (κ3) is 5.03. The van der Waals surface area contributed by atoms with Crippen molar-refractivity contribution in [2.45, 2.75) is 108 Å². The van der Waals surface area contributed by atoms with Gasteiger partial charge in [-0.3, -0.25) is 9.69 Å². The van der Waals surface area contributed by atoms with E-state index in [1.54, 1.807) is 18.2 Å². The third-order valence-corrected chi connectivity index (χ3v) is 9.31. The van der Waals surface area contributed by atoms with Gasteiger partial charge in [-0.05, 0) is 81.2 Å². The Hall–Kier alpha value is -2.99. The Bertz CT molecular complexity index is 1340. The van der Waals surface area contributed by atoms with Crippen LogP contribution in [0.25, 0.3) is 11.0 Å². The van der Waals surface area contributed by atoms with Crippen molar-refractivity contribution in [1.82, 2.24) is 14.5 Å². The van der Waals surface area contributed by atoms with E-state index < -0.39 is 5.97 Å². The number of para-hydroxylation sites is 2. The Morgan fingerprint density at radius 1 is 0.816 bits per heavy atom. The van der Waals surface area contributed by atoms with Crippen LogP contribution in [0.2, 0.25) is 0 Å². The van der Waals surface area contributed by atoms with Crippen LogP contribution in [0.3, 0.4) is 0 Å². The van der Waals surface area contributed by atoms with Crippen LogP contribution in [-0.2, 0) is 12.8 Å². The van der Waals surface area contributed by atoms with Crippen molar-refractivity contribution in [3.8, 4) is 0 Å². The minimum atomic E-state index is -0.932. The van der Waals surface area contributed by atoms with Gasteiger partial charge in [0.25, 0.3) is 5.56 Å². The summed E-state index contributed by atoms with van der Waals surface area (Å²) >= 11 is 0. The second-order valence-electron chi connectivity index (χ2n) is 11.7. The molecule has 6 heteroatoms. The van der Waals surface area contributed by atoms with Gasteiger partial charge in [-0.25, -0.2) is 9.78 Å². The molecular formula is C32H39N3O3. The number of hydrogen-bond donors (Lipinski definition) is 1. The SMILES string of the molecule is O=C(O)c1cccc(CCc2nc3ccccc3n(C3C[C@H]4CC[C@@H](C3)N4C3CCCCCCC3)c2=O)c1. The van der Waals surface area contributed by atoms with E-state index in [0.29, 0.717) is 30.6 Å². The molecule has 0 spiro atoms. The van der Waals surface area contributed by atoms with Crippen molar-refractivity contribution < 1.29 is 9.90 Å². The summed E-state index contributed by atoms with van der Waals surface area (Å²) in [6, 6.07) is 17.1. The van der Waals surface area contributed by atoms with Crippen LogP contribution in [0.4, 0.5) is 0 Å². The zero-order chi connectivity index (χ0) is 26.1. The summed E-state index contributed by atoms with van der Waals surface area (Å²) in [5, 5.41) is 9.34. The maximum Gasteiger partial charge on any atom is 0.335 e. The Kier molecular flexibility index (Phi) is 7.33. The highest BCUT2D eigenvalue weighted by Gasteiger charge is 2.44. The Morgan fingerprint density at radius 2 is 1.53 bits per heavy atom. The van der Waals surface area contributed by atoms with Crippen LogP contribution in [0, 0.1) is 0 Å². The summed E-state index contributed by atoms with van der Waals surface area (Å²) in [6.45, 7) is 0. The molecule has 1 unspecified atom stereocenters. The first-order valence-corrected chi connectivity index (χ1v) is 14.7. The van der Waals surface area contributed by atoms with Gasteiger partial charge in [-0.2, -0.15) is 0 Å². The normalized spacial score (nSPS) is 24.8. The molecule has 1 aromatic heterocycles. The highest BCUT2D eigenvalue weighted by atomic mass is 16.4. The van der Waals surface area contributed by atoms with Gasteiger partial charge >= 0.3 is 5.97 Å². The quantitative estimate of drug-likeness (QED) is 0.427. The molecule has 2 saturated heterocycles. The molecule has 2 bridgehead atoms. The minimum absolute atomic E-state index is 0.0295. The first-order chi connectivity index (χ1) is 18.6. The zero-order valence-corrected chi connectivity index (χ0v) is 22.2. The van der Waals surface area contributed by atoms with E-state index in [9.17, 15) is 14.7 Å². The van der Waals surface area contributed by atoms with Crippen LogP contribution in [0.15, 0.2) is 53.3 Å². The number of aryl methyl sites for hydroxylation is 2. The Balaban J connectivity index is 1.27.